The molecule has 0 aliphatic carbocycles. The van der Waals surface area contributed by atoms with Crippen molar-refractivity contribution in [2.75, 3.05) is 31.9 Å². The largest absolute Gasteiger partial charge is 0.397 e. The van der Waals surface area contributed by atoms with Gasteiger partial charge in [0, 0.05) is 18.7 Å². The van der Waals surface area contributed by atoms with Crippen LogP contribution < -0.4 is 11.1 Å². The van der Waals surface area contributed by atoms with E-state index in [1.54, 1.807) is 0 Å². The van der Waals surface area contributed by atoms with Crippen molar-refractivity contribution < 1.29 is 9.59 Å². The van der Waals surface area contributed by atoms with Crippen LogP contribution in [0, 0.1) is 0 Å². The maximum atomic E-state index is 12.1. The summed E-state index contributed by atoms with van der Waals surface area (Å²) < 4.78 is 0. The molecule has 0 bridgehead atoms. The second-order valence-electron chi connectivity index (χ2n) is 4.73. The normalized spacial score (nSPS) is 10.7. The molecule has 0 saturated carbocycles. The van der Waals surface area contributed by atoms with Gasteiger partial charge in [-0.1, -0.05) is 25.4 Å². The smallest absolute Gasteiger partial charge is 0.253 e. The number of likely N-dealkylation sites (N-methyl/N-ethyl adjacent to an activating group) is 1. The van der Waals surface area contributed by atoms with Crippen molar-refractivity contribution in [3.05, 3.63) is 28.3 Å². The SMILES string of the molecule is CCN(CC)CCNC(=O)c1ccc(C(C)=O)c(Cl)c1N. The molecule has 116 valence electrons. The zero-order valence-electron chi connectivity index (χ0n) is 12.7. The quantitative estimate of drug-likeness (QED) is 0.598. The average Bonchev–Trinajstić information content (AvgIpc) is 2.45. The lowest BCUT2D eigenvalue weighted by atomic mass is 10.1. The van der Waals surface area contributed by atoms with Crippen LogP contribution in [0.15, 0.2) is 12.1 Å². The van der Waals surface area contributed by atoms with E-state index < -0.39 is 0 Å². The fourth-order valence-electron chi connectivity index (χ4n) is 2.03. The Balaban J connectivity index is 2.75. The summed E-state index contributed by atoms with van der Waals surface area (Å²) in [5, 5.41) is 2.95. The predicted octanol–water partition coefficient (Wildman–Crippen LogP) is 2.20. The average molecular weight is 312 g/mol. The molecule has 5 nitrogen and oxygen atoms in total. The maximum Gasteiger partial charge on any atom is 0.253 e. The molecule has 0 aliphatic heterocycles. The number of anilines is 1. The molecule has 0 fully saturated rings. The highest BCUT2D eigenvalue weighted by molar-refractivity contribution is 6.37. The summed E-state index contributed by atoms with van der Waals surface area (Å²) in [4.78, 5) is 25.7. The number of ketones is 1. The summed E-state index contributed by atoms with van der Waals surface area (Å²) in [6.07, 6.45) is 0. The Kier molecular flexibility index (Phi) is 6.65. The van der Waals surface area contributed by atoms with Crippen LogP contribution in [0.1, 0.15) is 41.5 Å². The van der Waals surface area contributed by atoms with Gasteiger partial charge in [0.2, 0.25) is 0 Å². The summed E-state index contributed by atoms with van der Waals surface area (Å²) >= 11 is 6.03. The zero-order valence-corrected chi connectivity index (χ0v) is 13.5. The number of nitrogens with one attached hydrogen (secondary N) is 1. The van der Waals surface area contributed by atoms with E-state index >= 15 is 0 Å². The van der Waals surface area contributed by atoms with Crippen molar-refractivity contribution >= 4 is 29.0 Å². The Hall–Kier alpha value is -1.59. The molecule has 0 aromatic heterocycles. The number of rotatable bonds is 7. The molecular formula is C15H22ClN3O2. The molecule has 3 N–H and O–H groups in total. The van der Waals surface area contributed by atoms with E-state index in [2.05, 4.69) is 24.1 Å². The first-order valence-electron chi connectivity index (χ1n) is 7.01. The predicted molar refractivity (Wildman–Crippen MR) is 86.0 cm³/mol. The minimum absolute atomic E-state index is 0.138. The van der Waals surface area contributed by atoms with Gasteiger partial charge in [-0.05, 0) is 32.1 Å². The lowest BCUT2D eigenvalue weighted by molar-refractivity contribution is 0.0947. The van der Waals surface area contributed by atoms with Crippen molar-refractivity contribution in [1.82, 2.24) is 10.2 Å². The standard InChI is InChI=1S/C15H22ClN3O2/c1-4-19(5-2)9-8-18-15(21)12-7-6-11(10(3)20)13(16)14(12)17/h6-7H,4-5,8-9,17H2,1-3H3,(H,18,21). The maximum absolute atomic E-state index is 12.1. The minimum atomic E-state index is -0.281. The van der Waals surface area contributed by atoms with E-state index in [-0.39, 0.29) is 22.4 Å². The molecule has 0 aliphatic rings. The lowest BCUT2D eigenvalue weighted by Crippen LogP contribution is -2.35. The molecule has 0 spiro atoms. The van der Waals surface area contributed by atoms with E-state index in [9.17, 15) is 9.59 Å². The van der Waals surface area contributed by atoms with Gasteiger partial charge in [-0.25, -0.2) is 0 Å². The third kappa shape index (κ3) is 4.44. The first-order valence-corrected chi connectivity index (χ1v) is 7.39. The molecule has 0 saturated heterocycles. The Morgan fingerprint density at radius 3 is 2.33 bits per heavy atom. The molecule has 1 rings (SSSR count). The summed E-state index contributed by atoms with van der Waals surface area (Å²) in [6.45, 7) is 8.74. The molecule has 0 heterocycles. The van der Waals surface area contributed by atoms with Crippen LogP contribution in [0.5, 0.6) is 0 Å². The van der Waals surface area contributed by atoms with Gasteiger partial charge < -0.3 is 16.0 Å². The Morgan fingerprint density at radius 2 is 1.81 bits per heavy atom. The van der Waals surface area contributed by atoms with Crippen LogP contribution in [0.2, 0.25) is 5.02 Å². The number of hydrogen-bond donors (Lipinski definition) is 2. The van der Waals surface area contributed by atoms with E-state index in [1.165, 1.54) is 19.1 Å². The number of benzene rings is 1. The topological polar surface area (TPSA) is 75.4 Å². The molecule has 0 radical (unpaired) electrons. The summed E-state index contributed by atoms with van der Waals surface area (Å²) in [5.41, 5.74) is 6.62. The van der Waals surface area contributed by atoms with Crippen LogP contribution in [0.4, 0.5) is 5.69 Å². The number of amides is 1. The third-order valence-electron chi connectivity index (χ3n) is 3.41. The van der Waals surface area contributed by atoms with Gasteiger partial charge >= 0.3 is 0 Å². The molecule has 6 heteroatoms. The Bertz CT molecular complexity index is 528. The number of carbonyl (C=O) groups is 2. The molecule has 1 aromatic carbocycles. The fraction of sp³-hybridized carbons (Fsp3) is 0.467. The van der Waals surface area contributed by atoms with E-state index in [0.29, 0.717) is 17.7 Å². The van der Waals surface area contributed by atoms with E-state index in [1.807, 2.05) is 0 Å². The van der Waals surface area contributed by atoms with E-state index in [4.69, 9.17) is 17.3 Å². The van der Waals surface area contributed by atoms with Crippen LogP contribution >= 0.6 is 11.6 Å². The molecule has 0 atom stereocenters. The highest BCUT2D eigenvalue weighted by Gasteiger charge is 2.16. The molecular weight excluding hydrogens is 290 g/mol. The molecule has 1 aromatic rings. The first-order chi connectivity index (χ1) is 9.92. The number of Topliss-reactive ketones (excluding diaryl/α,β-unsaturated/α-hetero) is 1. The number of nitrogens with zero attached hydrogens (tertiary/aromatic N) is 1. The number of nitrogen functional groups attached to an aromatic ring is 1. The van der Waals surface area contributed by atoms with Gasteiger partial charge in [-0.3, -0.25) is 9.59 Å². The number of nitrogens with two attached hydrogens (primary N) is 1. The number of carbonyl (C=O) groups excluding carboxylic acids is 2. The molecule has 0 unspecified atom stereocenters. The van der Waals surface area contributed by atoms with Crippen LogP contribution in [-0.4, -0.2) is 42.8 Å². The summed E-state index contributed by atoms with van der Waals surface area (Å²) in [6, 6.07) is 3.06. The fourth-order valence-corrected chi connectivity index (χ4v) is 2.32. The van der Waals surface area contributed by atoms with Gasteiger partial charge in [0.25, 0.3) is 5.91 Å². The van der Waals surface area contributed by atoms with Gasteiger partial charge in [0.1, 0.15) is 0 Å². The van der Waals surface area contributed by atoms with Crippen molar-refractivity contribution in [2.24, 2.45) is 0 Å². The first kappa shape index (κ1) is 17.5. The summed E-state index contributed by atoms with van der Waals surface area (Å²) in [7, 11) is 0. The van der Waals surface area contributed by atoms with Gasteiger partial charge in [0.05, 0.1) is 16.3 Å². The molecule has 1 amide bonds. The van der Waals surface area contributed by atoms with Gasteiger partial charge in [-0.15, -0.1) is 0 Å². The Labute approximate surface area is 130 Å². The van der Waals surface area contributed by atoms with E-state index in [0.717, 1.165) is 19.6 Å². The third-order valence-corrected chi connectivity index (χ3v) is 3.82. The highest BCUT2D eigenvalue weighted by Crippen LogP contribution is 2.27. The second-order valence-corrected chi connectivity index (χ2v) is 5.11. The van der Waals surface area contributed by atoms with Crippen LogP contribution in [0.25, 0.3) is 0 Å². The van der Waals surface area contributed by atoms with Gasteiger partial charge in [0.15, 0.2) is 5.78 Å². The highest BCUT2D eigenvalue weighted by atomic mass is 35.5. The van der Waals surface area contributed by atoms with Crippen LogP contribution in [0.3, 0.4) is 0 Å². The Morgan fingerprint density at radius 1 is 1.24 bits per heavy atom. The zero-order chi connectivity index (χ0) is 16.0. The second kappa shape index (κ2) is 8.00. The van der Waals surface area contributed by atoms with Crippen molar-refractivity contribution in [3.63, 3.8) is 0 Å². The number of halogens is 1. The molecule has 21 heavy (non-hydrogen) atoms. The minimum Gasteiger partial charge on any atom is -0.397 e. The van der Waals surface area contributed by atoms with Crippen molar-refractivity contribution in [3.8, 4) is 0 Å². The van der Waals surface area contributed by atoms with Crippen molar-refractivity contribution in [2.45, 2.75) is 20.8 Å². The number of hydrogen-bond acceptors (Lipinski definition) is 4. The van der Waals surface area contributed by atoms with Crippen molar-refractivity contribution in [1.29, 1.82) is 0 Å². The van der Waals surface area contributed by atoms with Crippen LogP contribution in [-0.2, 0) is 0 Å². The van der Waals surface area contributed by atoms with Gasteiger partial charge in [-0.2, -0.15) is 0 Å². The summed E-state index contributed by atoms with van der Waals surface area (Å²) in [5.74, 6) is -0.461. The monoisotopic (exact) mass is 311 g/mol. The lowest BCUT2D eigenvalue weighted by Gasteiger charge is -2.18.